The highest BCUT2D eigenvalue weighted by molar-refractivity contribution is 9.10. The molecule has 0 spiro atoms. The Morgan fingerprint density at radius 3 is 2.43 bits per heavy atom. The Morgan fingerprint density at radius 1 is 1.25 bits per heavy atom. The maximum atomic E-state index is 13.0. The van der Waals surface area contributed by atoms with Gasteiger partial charge in [-0.2, -0.15) is 0 Å². The maximum absolute atomic E-state index is 13.0. The van der Waals surface area contributed by atoms with Gasteiger partial charge in [-0.3, -0.25) is 4.79 Å². The summed E-state index contributed by atoms with van der Waals surface area (Å²) in [5.74, 6) is -0.337. The van der Waals surface area contributed by atoms with Crippen LogP contribution >= 0.6 is 15.9 Å². The number of esters is 1. The maximum Gasteiger partial charge on any atom is 0.323 e. The van der Waals surface area contributed by atoms with Gasteiger partial charge < -0.3 is 10.1 Å². The molecule has 6 nitrogen and oxygen atoms in total. The number of ether oxygens (including phenoxy) is 1. The monoisotopic (exact) mass is 470 g/mol. The Hall–Kier alpha value is -1.64. The molecular weight excluding hydrogens is 444 g/mol. The van der Waals surface area contributed by atoms with Crippen LogP contribution in [0.1, 0.15) is 39.0 Å². The Morgan fingerprint density at radius 2 is 1.86 bits per heavy atom. The molecule has 0 aliphatic carbocycles. The zero-order chi connectivity index (χ0) is 21.1. The number of nitrogens with zero attached hydrogens (tertiary/aromatic N) is 1. The number of aryl methyl sites for hydroxylation is 1. The van der Waals surface area contributed by atoms with Crippen molar-refractivity contribution < 1.29 is 17.9 Å². The number of rotatable bonds is 7. The van der Waals surface area contributed by atoms with Crippen LogP contribution in [0, 0.1) is 6.92 Å². The van der Waals surface area contributed by atoms with Gasteiger partial charge >= 0.3 is 5.97 Å². The summed E-state index contributed by atoms with van der Waals surface area (Å²) >= 11 is 3.36. The number of carbonyl (C=O) groups excluding carboxylic acids is 1. The van der Waals surface area contributed by atoms with Gasteiger partial charge in [0.05, 0.1) is 4.90 Å². The Labute approximate surface area is 175 Å². The van der Waals surface area contributed by atoms with Crippen LogP contribution in [0.4, 0.5) is 0 Å². The molecule has 1 heterocycles. The van der Waals surface area contributed by atoms with Crippen molar-refractivity contribution in [3.05, 3.63) is 52.3 Å². The van der Waals surface area contributed by atoms with Gasteiger partial charge in [0.1, 0.15) is 11.6 Å². The van der Waals surface area contributed by atoms with Crippen molar-refractivity contribution in [2.75, 3.05) is 6.54 Å². The predicted octanol–water partition coefficient (Wildman–Crippen LogP) is 3.66. The molecule has 0 fully saturated rings. The highest BCUT2D eigenvalue weighted by Crippen LogP contribution is 2.22. The first-order chi connectivity index (χ1) is 12.9. The summed E-state index contributed by atoms with van der Waals surface area (Å²) < 4.78 is 33.3. The highest BCUT2D eigenvalue weighted by Gasteiger charge is 2.23. The van der Waals surface area contributed by atoms with Crippen LogP contribution < -0.4 is 5.32 Å². The third-order valence-electron chi connectivity index (χ3n) is 4.00. The minimum Gasteiger partial charge on any atom is -0.459 e. The average molecular weight is 471 g/mol. The third-order valence-corrected chi connectivity index (χ3v) is 6.16. The average Bonchev–Trinajstić information content (AvgIpc) is 2.95. The molecule has 0 radical (unpaired) electrons. The minimum atomic E-state index is -3.69. The van der Waals surface area contributed by atoms with E-state index in [0.29, 0.717) is 23.1 Å². The summed E-state index contributed by atoms with van der Waals surface area (Å²) in [6.45, 7) is 9.52. The summed E-state index contributed by atoms with van der Waals surface area (Å²) in [4.78, 5) is 12.3. The SMILES string of the molecule is Cc1ccc(S(=O)(=O)n2cc(Br)cc2CCN[C@H](C)C(=O)OC(C)(C)C)cc1. The van der Waals surface area contributed by atoms with Gasteiger partial charge in [0, 0.05) is 29.3 Å². The summed E-state index contributed by atoms with van der Waals surface area (Å²) in [5.41, 5.74) is 1.07. The molecule has 2 rings (SSSR count). The van der Waals surface area contributed by atoms with E-state index in [-0.39, 0.29) is 10.9 Å². The van der Waals surface area contributed by atoms with Gasteiger partial charge in [0.15, 0.2) is 0 Å². The Kier molecular flexibility index (Phi) is 7.12. The third kappa shape index (κ3) is 5.93. The second kappa shape index (κ2) is 8.80. The molecule has 1 N–H and O–H groups in total. The van der Waals surface area contributed by atoms with Gasteiger partial charge in [0.25, 0.3) is 10.0 Å². The topological polar surface area (TPSA) is 77.4 Å². The molecular formula is C20H27BrN2O4S. The predicted molar refractivity (Wildman–Crippen MR) is 113 cm³/mol. The number of carbonyl (C=O) groups is 1. The minimum absolute atomic E-state index is 0.234. The quantitative estimate of drug-likeness (QED) is 0.624. The van der Waals surface area contributed by atoms with Gasteiger partial charge in [-0.25, -0.2) is 12.4 Å². The van der Waals surface area contributed by atoms with Crippen molar-refractivity contribution in [3.8, 4) is 0 Å². The molecule has 0 saturated carbocycles. The molecule has 2 aromatic rings. The zero-order valence-electron chi connectivity index (χ0n) is 16.8. The second-order valence-electron chi connectivity index (χ2n) is 7.72. The molecule has 0 aliphatic rings. The van der Waals surface area contributed by atoms with Crippen molar-refractivity contribution in [3.63, 3.8) is 0 Å². The standard InChI is InChI=1S/C20H27BrN2O4S/c1-14-6-8-18(9-7-14)28(25,26)23-13-16(21)12-17(23)10-11-22-15(2)19(24)27-20(3,4)5/h6-9,12-13,15,22H,10-11H2,1-5H3/t15-/m1/s1. The van der Waals surface area contributed by atoms with E-state index in [0.717, 1.165) is 5.56 Å². The molecule has 1 aromatic heterocycles. The van der Waals surface area contributed by atoms with Gasteiger partial charge in [0.2, 0.25) is 0 Å². The summed E-state index contributed by atoms with van der Waals surface area (Å²) in [7, 11) is -3.69. The number of aromatic nitrogens is 1. The lowest BCUT2D eigenvalue weighted by Crippen LogP contribution is -2.40. The van der Waals surface area contributed by atoms with Crippen molar-refractivity contribution in [2.24, 2.45) is 0 Å². The van der Waals surface area contributed by atoms with Crippen LogP contribution in [-0.2, 0) is 26.0 Å². The molecule has 0 aliphatic heterocycles. The Balaban J connectivity index is 2.10. The Bertz CT molecular complexity index is 928. The van der Waals surface area contributed by atoms with E-state index in [1.807, 2.05) is 27.7 Å². The lowest BCUT2D eigenvalue weighted by Gasteiger charge is -2.22. The van der Waals surface area contributed by atoms with E-state index in [1.54, 1.807) is 43.5 Å². The van der Waals surface area contributed by atoms with E-state index in [4.69, 9.17) is 4.74 Å². The van der Waals surface area contributed by atoms with E-state index in [1.165, 1.54) is 3.97 Å². The molecule has 1 atom stereocenters. The van der Waals surface area contributed by atoms with Crippen LogP contribution in [0.25, 0.3) is 0 Å². The summed E-state index contributed by atoms with van der Waals surface area (Å²) in [5, 5.41) is 3.09. The molecule has 0 unspecified atom stereocenters. The van der Waals surface area contributed by atoms with E-state index >= 15 is 0 Å². The molecule has 8 heteroatoms. The molecule has 154 valence electrons. The first-order valence-corrected chi connectivity index (χ1v) is 11.3. The van der Waals surface area contributed by atoms with Crippen molar-refractivity contribution in [1.82, 2.24) is 9.29 Å². The fourth-order valence-corrected chi connectivity index (χ4v) is 4.59. The van der Waals surface area contributed by atoms with Gasteiger partial charge in [-0.1, -0.05) is 17.7 Å². The van der Waals surface area contributed by atoms with Crippen LogP contribution in [0.15, 0.2) is 45.9 Å². The summed E-state index contributed by atoms with van der Waals surface area (Å²) in [6, 6.07) is 8.03. The van der Waals surface area contributed by atoms with Crippen LogP contribution in [0.5, 0.6) is 0 Å². The molecule has 28 heavy (non-hydrogen) atoms. The number of benzene rings is 1. The first kappa shape index (κ1) is 22.6. The van der Waals surface area contributed by atoms with Gasteiger partial charge in [-0.05, 0) is 68.7 Å². The largest absolute Gasteiger partial charge is 0.459 e. The van der Waals surface area contributed by atoms with Crippen LogP contribution in [-0.4, -0.2) is 36.5 Å². The molecule has 0 bridgehead atoms. The summed E-state index contributed by atoms with van der Waals surface area (Å²) in [6.07, 6.45) is 1.98. The van der Waals surface area contributed by atoms with Crippen molar-refractivity contribution in [2.45, 2.75) is 57.6 Å². The zero-order valence-corrected chi connectivity index (χ0v) is 19.2. The first-order valence-electron chi connectivity index (χ1n) is 9.05. The van der Waals surface area contributed by atoms with Crippen LogP contribution in [0.3, 0.4) is 0 Å². The van der Waals surface area contributed by atoms with Crippen molar-refractivity contribution in [1.29, 1.82) is 0 Å². The van der Waals surface area contributed by atoms with E-state index in [2.05, 4.69) is 21.2 Å². The number of hydrogen-bond acceptors (Lipinski definition) is 5. The molecule has 1 aromatic carbocycles. The second-order valence-corrected chi connectivity index (χ2v) is 10.5. The normalized spacial score (nSPS) is 13.4. The van der Waals surface area contributed by atoms with Crippen molar-refractivity contribution >= 4 is 31.9 Å². The number of nitrogens with one attached hydrogen (secondary N) is 1. The lowest BCUT2D eigenvalue weighted by atomic mass is 10.2. The van der Waals surface area contributed by atoms with E-state index < -0.39 is 21.7 Å². The highest BCUT2D eigenvalue weighted by atomic mass is 79.9. The fourth-order valence-electron chi connectivity index (χ4n) is 2.58. The number of halogens is 1. The lowest BCUT2D eigenvalue weighted by molar-refractivity contribution is -0.156. The molecule has 0 saturated heterocycles. The fraction of sp³-hybridized carbons (Fsp3) is 0.450. The smallest absolute Gasteiger partial charge is 0.323 e. The number of hydrogen-bond donors (Lipinski definition) is 1. The molecule has 0 amide bonds. The van der Waals surface area contributed by atoms with Crippen LogP contribution in [0.2, 0.25) is 0 Å². The van der Waals surface area contributed by atoms with E-state index in [9.17, 15) is 13.2 Å². The van der Waals surface area contributed by atoms with Gasteiger partial charge in [-0.15, -0.1) is 0 Å².